The Morgan fingerprint density at radius 1 is 1.60 bits per heavy atom. The second-order valence-corrected chi connectivity index (χ2v) is 4.46. The standard InChI is InChI=1S/C12H13BrClN/c1-3-4-8-11(15-2)9-6-5-7-10(13)12(9)14/h1,5-7,11,15H,4,8H2,2H3. The van der Waals surface area contributed by atoms with Crippen LogP contribution in [-0.4, -0.2) is 7.05 Å². The monoisotopic (exact) mass is 285 g/mol. The van der Waals surface area contributed by atoms with Crippen molar-refractivity contribution in [2.24, 2.45) is 0 Å². The Kier molecular flexibility index (Phi) is 5.17. The molecule has 1 atom stereocenters. The van der Waals surface area contributed by atoms with Crippen LogP contribution in [0.3, 0.4) is 0 Å². The number of rotatable bonds is 4. The highest BCUT2D eigenvalue weighted by Crippen LogP contribution is 2.31. The summed E-state index contributed by atoms with van der Waals surface area (Å²) in [6, 6.07) is 6.14. The maximum atomic E-state index is 6.21. The van der Waals surface area contributed by atoms with E-state index in [0.29, 0.717) is 0 Å². The minimum Gasteiger partial charge on any atom is -0.313 e. The third kappa shape index (κ3) is 3.24. The molecule has 0 radical (unpaired) electrons. The van der Waals surface area contributed by atoms with Gasteiger partial charge in [0.1, 0.15) is 0 Å². The topological polar surface area (TPSA) is 12.0 Å². The highest BCUT2D eigenvalue weighted by Gasteiger charge is 2.13. The first kappa shape index (κ1) is 12.6. The van der Waals surface area contributed by atoms with Crippen molar-refractivity contribution in [1.82, 2.24) is 5.32 Å². The molecule has 0 heterocycles. The van der Waals surface area contributed by atoms with Gasteiger partial charge in [0.05, 0.1) is 5.02 Å². The molecule has 3 heteroatoms. The van der Waals surface area contributed by atoms with Crippen LogP contribution in [0.25, 0.3) is 0 Å². The van der Waals surface area contributed by atoms with Gasteiger partial charge in [0.25, 0.3) is 0 Å². The smallest absolute Gasteiger partial charge is 0.0595 e. The van der Waals surface area contributed by atoms with Crippen molar-refractivity contribution in [1.29, 1.82) is 0 Å². The molecule has 1 N–H and O–H groups in total. The van der Waals surface area contributed by atoms with Crippen LogP contribution in [0.2, 0.25) is 5.02 Å². The molecule has 0 bridgehead atoms. The molecule has 0 aromatic heterocycles. The summed E-state index contributed by atoms with van der Waals surface area (Å²) < 4.78 is 0.919. The van der Waals surface area contributed by atoms with Crippen LogP contribution in [0.1, 0.15) is 24.4 Å². The van der Waals surface area contributed by atoms with Gasteiger partial charge in [-0.15, -0.1) is 12.3 Å². The molecule has 0 saturated heterocycles. The van der Waals surface area contributed by atoms with Crippen molar-refractivity contribution in [3.8, 4) is 12.3 Å². The Morgan fingerprint density at radius 2 is 2.33 bits per heavy atom. The molecule has 1 rings (SSSR count). The maximum Gasteiger partial charge on any atom is 0.0595 e. The molecular weight excluding hydrogens is 273 g/mol. The van der Waals surface area contributed by atoms with Crippen LogP contribution in [-0.2, 0) is 0 Å². The summed E-state index contributed by atoms with van der Waals surface area (Å²) >= 11 is 9.62. The fraction of sp³-hybridized carbons (Fsp3) is 0.333. The van der Waals surface area contributed by atoms with Crippen LogP contribution in [0.5, 0.6) is 0 Å². The number of nitrogens with one attached hydrogen (secondary N) is 1. The lowest BCUT2D eigenvalue weighted by Gasteiger charge is -2.17. The van der Waals surface area contributed by atoms with Gasteiger partial charge in [-0.2, -0.15) is 0 Å². The van der Waals surface area contributed by atoms with Crippen molar-refractivity contribution < 1.29 is 0 Å². The van der Waals surface area contributed by atoms with Gasteiger partial charge >= 0.3 is 0 Å². The number of benzene rings is 1. The minimum absolute atomic E-state index is 0.214. The van der Waals surface area contributed by atoms with E-state index in [1.807, 2.05) is 25.2 Å². The van der Waals surface area contributed by atoms with E-state index in [4.69, 9.17) is 18.0 Å². The highest BCUT2D eigenvalue weighted by molar-refractivity contribution is 9.10. The lowest BCUT2D eigenvalue weighted by atomic mass is 10.0. The van der Waals surface area contributed by atoms with Crippen LogP contribution in [0, 0.1) is 12.3 Å². The normalized spacial score (nSPS) is 12.1. The van der Waals surface area contributed by atoms with Crippen LogP contribution in [0.15, 0.2) is 22.7 Å². The number of terminal acetylenes is 1. The van der Waals surface area contributed by atoms with E-state index in [-0.39, 0.29) is 6.04 Å². The lowest BCUT2D eigenvalue weighted by molar-refractivity contribution is 0.558. The van der Waals surface area contributed by atoms with Crippen molar-refractivity contribution in [3.63, 3.8) is 0 Å². The summed E-state index contributed by atoms with van der Waals surface area (Å²) in [6.07, 6.45) is 6.89. The fourth-order valence-corrected chi connectivity index (χ4v) is 2.11. The zero-order chi connectivity index (χ0) is 11.3. The molecule has 0 aliphatic heterocycles. The first-order valence-corrected chi connectivity index (χ1v) is 5.92. The van der Waals surface area contributed by atoms with Gasteiger partial charge in [-0.25, -0.2) is 0 Å². The van der Waals surface area contributed by atoms with E-state index in [1.54, 1.807) is 0 Å². The van der Waals surface area contributed by atoms with Crippen molar-refractivity contribution in [3.05, 3.63) is 33.3 Å². The van der Waals surface area contributed by atoms with Gasteiger partial charge in [0.2, 0.25) is 0 Å². The predicted molar refractivity (Wildman–Crippen MR) is 69.0 cm³/mol. The molecule has 1 aromatic rings. The summed E-state index contributed by atoms with van der Waals surface area (Å²) in [5.74, 6) is 2.64. The van der Waals surface area contributed by atoms with E-state index in [0.717, 1.165) is 27.9 Å². The fourth-order valence-electron chi connectivity index (χ4n) is 1.47. The summed E-state index contributed by atoms with van der Waals surface area (Å²) in [5.41, 5.74) is 1.09. The quantitative estimate of drug-likeness (QED) is 0.831. The molecule has 80 valence electrons. The average molecular weight is 287 g/mol. The second kappa shape index (κ2) is 6.17. The largest absolute Gasteiger partial charge is 0.313 e. The van der Waals surface area contributed by atoms with Gasteiger partial charge in [0.15, 0.2) is 0 Å². The van der Waals surface area contributed by atoms with E-state index in [2.05, 4.69) is 27.2 Å². The molecule has 0 spiro atoms. The summed E-state index contributed by atoms with van der Waals surface area (Å²) in [7, 11) is 1.92. The SMILES string of the molecule is C#CCCC(NC)c1cccc(Br)c1Cl. The van der Waals surface area contributed by atoms with Gasteiger partial charge in [0, 0.05) is 16.9 Å². The van der Waals surface area contributed by atoms with Gasteiger partial charge < -0.3 is 5.32 Å². The van der Waals surface area contributed by atoms with E-state index >= 15 is 0 Å². The molecule has 0 amide bonds. The Labute approximate surface area is 104 Å². The van der Waals surface area contributed by atoms with Crippen LogP contribution < -0.4 is 5.32 Å². The number of hydrogen-bond donors (Lipinski definition) is 1. The molecule has 0 aliphatic rings. The number of hydrogen-bond acceptors (Lipinski definition) is 1. The zero-order valence-electron chi connectivity index (χ0n) is 8.56. The molecule has 1 aromatic carbocycles. The maximum absolute atomic E-state index is 6.21. The Hall–Kier alpha value is -0.490. The van der Waals surface area contributed by atoms with E-state index < -0.39 is 0 Å². The molecule has 1 nitrogen and oxygen atoms in total. The first-order chi connectivity index (χ1) is 7.20. The predicted octanol–water partition coefficient (Wildman–Crippen LogP) is 3.78. The molecule has 1 unspecified atom stereocenters. The van der Waals surface area contributed by atoms with Crippen LogP contribution in [0.4, 0.5) is 0 Å². The summed E-state index contributed by atoms with van der Waals surface area (Å²) in [6.45, 7) is 0. The number of halogens is 2. The third-order valence-corrected chi connectivity index (χ3v) is 3.59. The van der Waals surface area contributed by atoms with Crippen molar-refractivity contribution in [2.75, 3.05) is 7.05 Å². The molecule has 15 heavy (non-hydrogen) atoms. The molecule has 0 fully saturated rings. The minimum atomic E-state index is 0.214. The summed E-state index contributed by atoms with van der Waals surface area (Å²) in [4.78, 5) is 0. The van der Waals surface area contributed by atoms with Crippen molar-refractivity contribution in [2.45, 2.75) is 18.9 Å². The van der Waals surface area contributed by atoms with Crippen molar-refractivity contribution >= 4 is 27.5 Å². The average Bonchev–Trinajstić information content (AvgIpc) is 2.25. The van der Waals surface area contributed by atoms with Gasteiger partial charge in [-0.1, -0.05) is 23.7 Å². The van der Waals surface area contributed by atoms with Gasteiger partial charge in [-0.05, 0) is 41.0 Å². The Balaban J connectivity index is 2.92. The molecule has 0 saturated carbocycles. The zero-order valence-corrected chi connectivity index (χ0v) is 10.9. The lowest BCUT2D eigenvalue weighted by Crippen LogP contribution is -2.16. The van der Waals surface area contributed by atoms with Gasteiger partial charge in [-0.3, -0.25) is 0 Å². The van der Waals surface area contributed by atoms with E-state index in [1.165, 1.54) is 0 Å². The second-order valence-electron chi connectivity index (χ2n) is 3.23. The Bertz CT molecular complexity index is 370. The van der Waals surface area contributed by atoms with E-state index in [9.17, 15) is 0 Å². The highest BCUT2D eigenvalue weighted by atomic mass is 79.9. The first-order valence-electron chi connectivity index (χ1n) is 4.75. The summed E-state index contributed by atoms with van der Waals surface area (Å²) in [5, 5.41) is 3.98. The van der Waals surface area contributed by atoms with Crippen LogP contribution >= 0.6 is 27.5 Å². The molecular formula is C12H13BrClN. The Morgan fingerprint density at radius 3 is 2.93 bits per heavy atom. The third-order valence-electron chi connectivity index (χ3n) is 2.28. The molecule has 0 aliphatic carbocycles.